The summed E-state index contributed by atoms with van der Waals surface area (Å²) < 4.78 is 11.7. The summed E-state index contributed by atoms with van der Waals surface area (Å²) in [6.07, 6.45) is 1.42. The SMILES string of the molecule is CCOC(=O)c1sc2ncn(Cc3nc(-c4cccs4)no3)c(=O)c2c1C. The van der Waals surface area contributed by atoms with Crippen LogP contribution in [0.1, 0.15) is 28.0 Å². The lowest BCUT2D eigenvalue weighted by atomic mass is 10.2. The van der Waals surface area contributed by atoms with Crippen LogP contribution in [0.4, 0.5) is 0 Å². The fourth-order valence-electron chi connectivity index (χ4n) is 2.63. The largest absolute Gasteiger partial charge is 0.462 e. The van der Waals surface area contributed by atoms with Crippen LogP contribution in [0.3, 0.4) is 0 Å². The quantitative estimate of drug-likeness (QED) is 0.473. The van der Waals surface area contributed by atoms with E-state index >= 15 is 0 Å². The Hall–Kier alpha value is -2.85. The van der Waals surface area contributed by atoms with Crippen LogP contribution in [0, 0.1) is 6.92 Å². The van der Waals surface area contributed by atoms with Gasteiger partial charge in [0.2, 0.25) is 11.7 Å². The number of nitrogens with zero attached hydrogens (tertiary/aromatic N) is 4. The van der Waals surface area contributed by atoms with Crippen LogP contribution in [0.15, 0.2) is 33.2 Å². The summed E-state index contributed by atoms with van der Waals surface area (Å²) >= 11 is 2.66. The molecule has 4 heterocycles. The Morgan fingerprint density at radius 2 is 2.26 bits per heavy atom. The predicted molar refractivity (Wildman–Crippen MR) is 101 cm³/mol. The molecule has 0 saturated heterocycles. The van der Waals surface area contributed by atoms with Gasteiger partial charge in [-0.25, -0.2) is 9.78 Å². The number of carbonyl (C=O) groups excluding carboxylic acids is 1. The second-order valence-electron chi connectivity index (χ2n) is 5.62. The average molecular weight is 402 g/mol. The number of hydrogen-bond donors (Lipinski definition) is 0. The van der Waals surface area contributed by atoms with E-state index in [2.05, 4.69) is 15.1 Å². The second-order valence-corrected chi connectivity index (χ2v) is 7.57. The Morgan fingerprint density at radius 3 is 3.00 bits per heavy atom. The number of aromatic nitrogens is 4. The van der Waals surface area contributed by atoms with Crippen LogP contribution in [0.25, 0.3) is 20.9 Å². The zero-order chi connectivity index (χ0) is 19.0. The maximum absolute atomic E-state index is 12.9. The highest BCUT2D eigenvalue weighted by Crippen LogP contribution is 2.27. The molecule has 0 N–H and O–H groups in total. The minimum absolute atomic E-state index is 0.101. The molecular weight excluding hydrogens is 388 g/mol. The average Bonchev–Trinajstić information content (AvgIpc) is 3.38. The molecule has 0 fully saturated rings. The molecule has 4 rings (SSSR count). The number of fused-ring (bicyclic) bond motifs is 1. The Morgan fingerprint density at radius 1 is 1.41 bits per heavy atom. The van der Waals surface area contributed by atoms with Crippen molar-refractivity contribution in [3.05, 3.63) is 50.5 Å². The van der Waals surface area contributed by atoms with Gasteiger partial charge >= 0.3 is 5.97 Å². The van der Waals surface area contributed by atoms with Crippen molar-refractivity contribution in [2.24, 2.45) is 0 Å². The lowest BCUT2D eigenvalue weighted by molar-refractivity contribution is 0.0531. The van der Waals surface area contributed by atoms with Gasteiger partial charge in [0.1, 0.15) is 16.3 Å². The van der Waals surface area contributed by atoms with Crippen molar-refractivity contribution in [2.75, 3.05) is 6.61 Å². The van der Waals surface area contributed by atoms with Crippen molar-refractivity contribution in [3.8, 4) is 10.7 Å². The Labute approximate surface area is 161 Å². The monoisotopic (exact) mass is 402 g/mol. The molecule has 8 nitrogen and oxygen atoms in total. The number of hydrogen-bond acceptors (Lipinski definition) is 9. The highest BCUT2D eigenvalue weighted by Gasteiger charge is 2.21. The number of rotatable bonds is 5. The first kappa shape index (κ1) is 17.6. The van der Waals surface area contributed by atoms with E-state index in [0.29, 0.717) is 32.4 Å². The highest BCUT2D eigenvalue weighted by atomic mass is 32.1. The summed E-state index contributed by atoms with van der Waals surface area (Å²) in [5.74, 6) is 0.347. The summed E-state index contributed by atoms with van der Waals surface area (Å²) in [6, 6.07) is 3.80. The number of esters is 1. The third-order valence-corrected chi connectivity index (χ3v) is 5.94. The third kappa shape index (κ3) is 3.17. The molecule has 0 aliphatic heterocycles. The number of thiophene rings is 2. The zero-order valence-electron chi connectivity index (χ0n) is 14.5. The summed E-state index contributed by atoms with van der Waals surface area (Å²) in [5, 5.41) is 6.27. The standard InChI is InChI=1S/C17H14N4O4S2/c1-3-24-17(23)13-9(2)12-15(27-13)18-8-21(16(12)22)7-11-19-14(20-25-11)10-5-4-6-26-10/h4-6,8H,3,7H2,1-2H3. The third-order valence-electron chi connectivity index (χ3n) is 3.89. The molecule has 27 heavy (non-hydrogen) atoms. The summed E-state index contributed by atoms with van der Waals surface area (Å²) in [6.45, 7) is 3.83. The fraction of sp³-hybridized carbons (Fsp3) is 0.235. The zero-order valence-corrected chi connectivity index (χ0v) is 16.1. The normalized spacial score (nSPS) is 11.2. The molecule has 4 aromatic rings. The molecule has 0 saturated carbocycles. The van der Waals surface area contributed by atoms with E-state index < -0.39 is 5.97 Å². The van der Waals surface area contributed by atoms with Crippen molar-refractivity contribution in [2.45, 2.75) is 20.4 Å². The minimum Gasteiger partial charge on any atom is -0.462 e. The van der Waals surface area contributed by atoms with Gasteiger partial charge in [0, 0.05) is 0 Å². The van der Waals surface area contributed by atoms with Crippen molar-refractivity contribution in [1.29, 1.82) is 0 Å². The minimum atomic E-state index is -0.443. The molecule has 0 amide bonds. The molecule has 0 unspecified atom stereocenters. The first-order chi connectivity index (χ1) is 13.1. The van der Waals surface area contributed by atoms with Gasteiger partial charge in [-0.05, 0) is 30.9 Å². The van der Waals surface area contributed by atoms with Crippen LogP contribution in [0.5, 0.6) is 0 Å². The lowest BCUT2D eigenvalue weighted by Gasteiger charge is -2.02. The van der Waals surface area contributed by atoms with Gasteiger partial charge in [0.15, 0.2) is 0 Å². The molecule has 0 bridgehead atoms. The molecule has 10 heteroatoms. The van der Waals surface area contributed by atoms with Crippen molar-refractivity contribution >= 4 is 38.9 Å². The van der Waals surface area contributed by atoms with E-state index in [1.54, 1.807) is 13.8 Å². The van der Waals surface area contributed by atoms with Crippen LogP contribution in [-0.4, -0.2) is 32.3 Å². The van der Waals surface area contributed by atoms with E-state index in [1.807, 2.05) is 17.5 Å². The summed E-state index contributed by atoms with van der Waals surface area (Å²) in [5.41, 5.74) is 0.310. The number of ether oxygens (including phenoxy) is 1. The molecule has 4 aromatic heterocycles. The van der Waals surface area contributed by atoms with Gasteiger partial charge in [0.05, 0.1) is 23.2 Å². The topological polar surface area (TPSA) is 100 Å². The molecule has 0 aromatic carbocycles. The predicted octanol–water partition coefficient (Wildman–Crippen LogP) is 3.10. The molecule has 0 radical (unpaired) electrons. The van der Waals surface area contributed by atoms with Crippen molar-refractivity contribution in [1.82, 2.24) is 19.7 Å². The molecular formula is C17H14N4O4S2. The maximum Gasteiger partial charge on any atom is 0.348 e. The smallest absolute Gasteiger partial charge is 0.348 e. The highest BCUT2D eigenvalue weighted by molar-refractivity contribution is 7.20. The molecule has 0 spiro atoms. The Kier molecular flexibility index (Phi) is 4.58. The molecule has 0 aliphatic carbocycles. The Balaban J connectivity index is 1.69. The van der Waals surface area contributed by atoms with Gasteiger partial charge in [-0.15, -0.1) is 22.7 Å². The van der Waals surface area contributed by atoms with Crippen LogP contribution >= 0.6 is 22.7 Å². The van der Waals surface area contributed by atoms with Crippen LogP contribution < -0.4 is 5.56 Å². The van der Waals surface area contributed by atoms with E-state index in [0.717, 1.165) is 16.2 Å². The molecule has 138 valence electrons. The van der Waals surface area contributed by atoms with Crippen LogP contribution in [-0.2, 0) is 11.3 Å². The van der Waals surface area contributed by atoms with E-state index in [9.17, 15) is 9.59 Å². The van der Waals surface area contributed by atoms with Gasteiger partial charge in [0.25, 0.3) is 5.56 Å². The van der Waals surface area contributed by atoms with Crippen molar-refractivity contribution in [3.63, 3.8) is 0 Å². The first-order valence-corrected chi connectivity index (χ1v) is 9.80. The van der Waals surface area contributed by atoms with E-state index in [1.165, 1.54) is 22.2 Å². The van der Waals surface area contributed by atoms with Gasteiger partial charge in [-0.3, -0.25) is 9.36 Å². The lowest BCUT2D eigenvalue weighted by Crippen LogP contribution is -2.21. The fourth-order valence-corrected chi connectivity index (χ4v) is 4.32. The van der Waals surface area contributed by atoms with E-state index in [-0.39, 0.29) is 18.7 Å². The molecule has 0 atom stereocenters. The summed E-state index contributed by atoms with van der Waals surface area (Å²) in [4.78, 5) is 35.3. The van der Waals surface area contributed by atoms with Gasteiger partial charge < -0.3 is 9.26 Å². The number of carbonyl (C=O) groups is 1. The summed E-state index contributed by atoms with van der Waals surface area (Å²) in [7, 11) is 0. The Bertz CT molecular complexity index is 1170. The van der Waals surface area contributed by atoms with E-state index in [4.69, 9.17) is 9.26 Å². The maximum atomic E-state index is 12.9. The first-order valence-electron chi connectivity index (χ1n) is 8.10. The molecule has 0 aliphatic rings. The number of aryl methyl sites for hydroxylation is 1. The van der Waals surface area contributed by atoms with Gasteiger partial charge in [-0.2, -0.15) is 4.98 Å². The van der Waals surface area contributed by atoms with Crippen LogP contribution in [0.2, 0.25) is 0 Å². The second kappa shape index (κ2) is 7.05. The van der Waals surface area contributed by atoms with Gasteiger partial charge in [-0.1, -0.05) is 11.2 Å². The van der Waals surface area contributed by atoms with Crippen molar-refractivity contribution < 1.29 is 14.1 Å².